The van der Waals surface area contributed by atoms with E-state index in [4.69, 9.17) is 10.5 Å². The van der Waals surface area contributed by atoms with Crippen molar-refractivity contribution in [3.63, 3.8) is 0 Å². The smallest absolute Gasteiger partial charge is 0.258 e. The van der Waals surface area contributed by atoms with Gasteiger partial charge in [-0.1, -0.05) is 0 Å². The van der Waals surface area contributed by atoms with E-state index in [9.17, 15) is 23.3 Å². The molecule has 0 N–H and O–H groups in total. The van der Waals surface area contributed by atoms with Crippen molar-refractivity contribution in [2.24, 2.45) is 0 Å². The first-order valence-corrected chi connectivity index (χ1v) is 4.46. The van der Waals surface area contributed by atoms with Crippen LogP contribution in [0.1, 0.15) is 16.7 Å². The second kappa shape index (κ2) is 4.72. The Kier molecular flexibility index (Phi) is 3.53. The van der Waals surface area contributed by atoms with Gasteiger partial charge in [-0.3, -0.25) is 10.1 Å². The molecule has 0 saturated carbocycles. The third kappa shape index (κ3) is 2.55. The number of nitro benzene ring substituents is 1. The molecule has 92 valence electrons. The van der Waals surface area contributed by atoms with Crippen LogP contribution in [0.2, 0.25) is 0 Å². The highest BCUT2D eigenvalue weighted by molar-refractivity contribution is 5.53. The van der Waals surface area contributed by atoms with Crippen LogP contribution < -0.4 is 0 Å². The summed E-state index contributed by atoms with van der Waals surface area (Å²) in [5.41, 5.74) is -3.15. The summed E-state index contributed by atoms with van der Waals surface area (Å²) in [7, 11) is 0. The van der Waals surface area contributed by atoms with Crippen molar-refractivity contribution in [1.82, 2.24) is 0 Å². The quantitative estimate of drug-likeness (QED) is 0.599. The Morgan fingerprint density at radius 2 is 1.94 bits per heavy atom. The Bertz CT molecular complexity index is 582. The maximum atomic E-state index is 12.6. The first-order chi connectivity index (χ1) is 8.31. The fourth-order valence-electron chi connectivity index (χ4n) is 1.36. The van der Waals surface area contributed by atoms with E-state index in [0.29, 0.717) is 12.1 Å². The zero-order chi connectivity index (χ0) is 13.9. The maximum Gasteiger partial charge on any atom is 0.417 e. The van der Waals surface area contributed by atoms with Gasteiger partial charge in [0.05, 0.1) is 28.5 Å². The van der Waals surface area contributed by atoms with E-state index < -0.39 is 34.3 Å². The molecule has 0 radical (unpaired) electrons. The van der Waals surface area contributed by atoms with Crippen molar-refractivity contribution < 1.29 is 18.1 Å². The van der Waals surface area contributed by atoms with Crippen LogP contribution in [0.5, 0.6) is 0 Å². The van der Waals surface area contributed by atoms with Gasteiger partial charge in [0.1, 0.15) is 6.07 Å². The number of nitriles is 2. The first-order valence-electron chi connectivity index (χ1n) is 4.46. The molecule has 0 aromatic heterocycles. The molecular formula is C10H4F3N3O2. The van der Waals surface area contributed by atoms with E-state index >= 15 is 0 Å². The molecule has 0 atom stereocenters. The van der Waals surface area contributed by atoms with Gasteiger partial charge in [0, 0.05) is 11.6 Å². The molecule has 0 heterocycles. The molecule has 8 heteroatoms. The van der Waals surface area contributed by atoms with Gasteiger partial charge in [-0.05, 0) is 6.07 Å². The highest BCUT2D eigenvalue weighted by Gasteiger charge is 2.35. The van der Waals surface area contributed by atoms with Gasteiger partial charge in [-0.15, -0.1) is 0 Å². The lowest BCUT2D eigenvalue weighted by Crippen LogP contribution is -2.10. The number of nitro groups is 1. The zero-order valence-corrected chi connectivity index (χ0v) is 8.65. The van der Waals surface area contributed by atoms with Crippen LogP contribution in [-0.4, -0.2) is 4.92 Å². The lowest BCUT2D eigenvalue weighted by molar-refractivity contribution is -0.385. The van der Waals surface area contributed by atoms with E-state index in [1.165, 1.54) is 6.07 Å². The van der Waals surface area contributed by atoms with Gasteiger partial charge < -0.3 is 0 Å². The summed E-state index contributed by atoms with van der Waals surface area (Å²) in [5, 5.41) is 27.6. The fraction of sp³-hybridized carbons (Fsp3) is 0.200. The first kappa shape index (κ1) is 13.5. The summed E-state index contributed by atoms with van der Waals surface area (Å²) in [6.07, 6.45) is -5.34. The van der Waals surface area contributed by atoms with Crippen molar-refractivity contribution in [2.45, 2.75) is 12.6 Å². The normalized spacial score (nSPS) is 10.5. The van der Waals surface area contributed by atoms with Crippen LogP contribution in [0.15, 0.2) is 12.1 Å². The summed E-state index contributed by atoms with van der Waals surface area (Å²) < 4.78 is 37.8. The Labute approximate surface area is 98.8 Å². The molecular weight excluding hydrogens is 251 g/mol. The number of hydrogen-bond acceptors (Lipinski definition) is 4. The molecule has 18 heavy (non-hydrogen) atoms. The van der Waals surface area contributed by atoms with E-state index in [1.807, 2.05) is 0 Å². The summed E-state index contributed by atoms with van der Waals surface area (Å²) in [6, 6.07) is 3.81. The van der Waals surface area contributed by atoms with E-state index in [1.54, 1.807) is 6.07 Å². The van der Waals surface area contributed by atoms with Crippen LogP contribution in [-0.2, 0) is 12.6 Å². The summed E-state index contributed by atoms with van der Waals surface area (Å²) in [5.74, 6) is 0. The summed E-state index contributed by atoms with van der Waals surface area (Å²) in [4.78, 5) is 9.71. The van der Waals surface area contributed by atoms with E-state index in [0.717, 1.165) is 0 Å². The minimum atomic E-state index is -4.80. The lowest BCUT2D eigenvalue weighted by Gasteiger charge is -2.10. The molecule has 0 unspecified atom stereocenters. The molecule has 0 aliphatic rings. The van der Waals surface area contributed by atoms with Crippen LogP contribution in [0.25, 0.3) is 0 Å². The predicted octanol–water partition coefficient (Wildman–Crippen LogP) is 2.55. The molecule has 0 spiro atoms. The van der Waals surface area contributed by atoms with Crippen LogP contribution in [0.4, 0.5) is 18.9 Å². The van der Waals surface area contributed by atoms with Crippen molar-refractivity contribution in [3.05, 3.63) is 38.9 Å². The monoisotopic (exact) mass is 255 g/mol. The van der Waals surface area contributed by atoms with Crippen molar-refractivity contribution in [3.8, 4) is 12.1 Å². The van der Waals surface area contributed by atoms with Crippen molar-refractivity contribution in [2.75, 3.05) is 0 Å². The molecule has 5 nitrogen and oxygen atoms in total. The molecule has 0 aliphatic heterocycles. The average molecular weight is 255 g/mol. The van der Waals surface area contributed by atoms with Crippen LogP contribution in [0.3, 0.4) is 0 Å². The van der Waals surface area contributed by atoms with Gasteiger partial charge in [0.2, 0.25) is 0 Å². The molecule has 1 rings (SSSR count). The third-order valence-corrected chi connectivity index (χ3v) is 2.11. The number of benzene rings is 1. The Balaban J connectivity index is 3.59. The number of alkyl halides is 3. The lowest BCUT2D eigenvalue weighted by atomic mass is 10.0. The van der Waals surface area contributed by atoms with Gasteiger partial charge in [0.15, 0.2) is 0 Å². The van der Waals surface area contributed by atoms with Gasteiger partial charge in [0.25, 0.3) is 5.69 Å². The summed E-state index contributed by atoms with van der Waals surface area (Å²) in [6.45, 7) is 0. The molecule has 0 saturated heterocycles. The summed E-state index contributed by atoms with van der Waals surface area (Å²) >= 11 is 0. The molecule has 0 aliphatic carbocycles. The fourth-order valence-corrected chi connectivity index (χ4v) is 1.36. The SMILES string of the molecule is N#CCc1cc(C(F)(F)F)c(C#N)cc1[N+](=O)[O-]. The second-order valence-electron chi connectivity index (χ2n) is 3.23. The number of rotatable bonds is 2. The van der Waals surface area contributed by atoms with E-state index in [2.05, 4.69) is 0 Å². The molecule has 0 fully saturated rings. The van der Waals surface area contributed by atoms with E-state index in [-0.39, 0.29) is 5.56 Å². The second-order valence-corrected chi connectivity index (χ2v) is 3.23. The highest BCUT2D eigenvalue weighted by atomic mass is 19.4. The van der Waals surface area contributed by atoms with Crippen molar-refractivity contribution in [1.29, 1.82) is 10.5 Å². The Morgan fingerprint density at radius 1 is 1.33 bits per heavy atom. The number of halogens is 3. The van der Waals surface area contributed by atoms with Crippen LogP contribution in [0, 0.1) is 32.8 Å². The van der Waals surface area contributed by atoms with Gasteiger partial charge in [-0.2, -0.15) is 23.7 Å². The molecule has 0 amide bonds. The van der Waals surface area contributed by atoms with Gasteiger partial charge in [-0.25, -0.2) is 0 Å². The largest absolute Gasteiger partial charge is 0.417 e. The maximum absolute atomic E-state index is 12.6. The minimum absolute atomic E-state index is 0.367. The predicted molar refractivity (Wildman–Crippen MR) is 52.1 cm³/mol. The standard InChI is InChI=1S/C10H4F3N3O2/c11-10(12,13)8-3-6(1-2-14)9(16(17)18)4-7(8)5-15/h3-4H,1H2. The van der Waals surface area contributed by atoms with Crippen molar-refractivity contribution >= 4 is 5.69 Å². The molecule has 1 aromatic carbocycles. The number of nitrogens with zero attached hydrogens (tertiary/aromatic N) is 3. The molecule has 1 aromatic rings. The minimum Gasteiger partial charge on any atom is -0.258 e. The number of hydrogen-bond donors (Lipinski definition) is 0. The van der Waals surface area contributed by atoms with Gasteiger partial charge >= 0.3 is 6.18 Å². The zero-order valence-electron chi connectivity index (χ0n) is 8.65. The van der Waals surface area contributed by atoms with Crippen LogP contribution >= 0.6 is 0 Å². The third-order valence-electron chi connectivity index (χ3n) is 2.11. The Hall–Kier alpha value is -2.61. The average Bonchev–Trinajstić information content (AvgIpc) is 2.27. The molecule has 0 bridgehead atoms. The highest BCUT2D eigenvalue weighted by Crippen LogP contribution is 2.35. The Morgan fingerprint density at radius 3 is 2.33 bits per heavy atom. The topological polar surface area (TPSA) is 90.7 Å².